The van der Waals surface area contributed by atoms with Crippen LogP contribution in [0, 0.1) is 29.6 Å². The molecule has 1 aromatic heterocycles. The molecule has 0 fully saturated rings. The predicted molar refractivity (Wildman–Crippen MR) is 69.4 cm³/mol. The molecule has 4 heteroatoms. The minimum absolute atomic E-state index is 0.0405. The van der Waals surface area contributed by atoms with Crippen LogP contribution in [-0.2, 0) is 0 Å². The zero-order valence-corrected chi connectivity index (χ0v) is 9.81. The maximum absolute atomic E-state index is 8.68. The molecular formula is C14H10N4. The van der Waals surface area contributed by atoms with Crippen LogP contribution in [0.3, 0.4) is 0 Å². The Bertz CT molecular complexity index is 681. The van der Waals surface area contributed by atoms with Crippen molar-refractivity contribution in [2.24, 2.45) is 0 Å². The second-order valence-electron chi connectivity index (χ2n) is 3.79. The average molecular weight is 234 g/mol. The number of fused-ring (bicyclic) bond motifs is 1. The number of nitrogens with zero attached hydrogens (tertiary/aromatic N) is 3. The highest BCUT2D eigenvalue weighted by molar-refractivity contribution is 5.96. The molecule has 2 rings (SSSR count). The summed E-state index contributed by atoms with van der Waals surface area (Å²) in [6.45, 7) is 1.97. The number of rotatable bonds is 2. The highest BCUT2D eigenvalue weighted by atomic mass is 14.8. The molecule has 4 nitrogen and oxygen atoms in total. The van der Waals surface area contributed by atoms with E-state index in [2.05, 4.69) is 10.3 Å². The smallest absolute Gasteiger partial charge is 0.145 e. The van der Waals surface area contributed by atoms with Gasteiger partial charge in [0.2, 0.25) is 0 Å². The van der Waals surface area contributed by atoms with Gasteiger partial charge in [-0.15, -0.1) is 0 Å². The Labute approximate surface area is 105 Å². The summed E-state index contributed by atoms with van der Waals surface area (Å²) in [6, 6.07) is 9.39. The molecule has 0 radical (unpaired) electrons. The van der Waals surface area contributed by atoms with Crippen molar-refractivity contribution in [2.75, 3.05) is 5.32 Å². The summed E-state index contributed by atoms with van der Waals surface area (Å²) in [5, 5.41) is 22.4. The number of aromatic nitrogens is 1. The van der Waals surface area contributed by atoms with Crippen molar-refractivity contribution in [3.8, 4) is 12.1 Å². The molecular weight excluding hydrogens is 224 g/mol. The van der Waals surface area contributed by atoms with E-state index in [4.69, 9.17) is 10.5 Å². The second-order valence-corrected chi connectivity index (χ2v) is 3.79. The fourth-order valence-electron chi connectivity index (χ4n) is 1.77. The Morgan fingerprint density at radius 1 is 1.28 bits per heavy atom. The van der Waals surface area contributed by atoms with Gasteiger partial charge in [-0.05, 0) is 18.6 Å². The Morgan fingerprint density at radius 2 is 2.06 bits per heavy atom. The molecule has 0 amide bonds. The SMILES string of the molecule is Cc1cncc2cccc(NC=C(C#N)C#N)c12. The van der Waals surface area contributed by atoms with Crippen molar-refractivity contribution >= 4 is 16.5 Å². The van der Waals surface area contributed by atoms with Crippen LogP contribution in [0.25, 0.3) is 10.8 Å². The molecule has 0 spiro atoms. The van der Waals surface area contributed by atoms with Crippen LogP contribution >= 0.6 is 0 Å². The van der Waals surface area contributed by atoms with E-state index in [1.807, 2.05) is 37.3 Å². The van der Waals surface area contributed by atoms with E-state index in [-0.39, 0.29) is 5.57 Å². The third kappa shape index (κ3) is 2.14. The van der Waals surface area contributed by atoms with Gasteiger partial charge < -0.3 is 5.32 Å². The molecule has 1 N–H and O–H groups in total. The minimum Gasteiger partial charge on any atom is -0.359 e. The number of pyridine rings is 1. The number of nitrogens with one attached hydrogen (secondary N) is 1. The summed E-state index contributed by atoms with van der Waals surface area (Å²) >= 11 is 0. The maximum atomic E-state index is 8.68. The topological polar surface area (TPSA) is 72.5 Å². The van der Waals surface area contributed by atoms with Gasteiger partial charge in [0.1, 0.15) is 17.7 Å². The summed E-state index contributed by atoms with van der Waals surface area (Å²) in [6.07, 6.45) is 4.98. The van der Waals surface area contributed by atoms with E-state index in [9.17, 15) is 0 Å². The largest absolute Gasteiger partial charge is 0.359 e. The Hall–Kier alpha value is -2.85. The van der Waals surface area contributed by atoms with Crippen molar-refractivity contribution in [2.45, 2.75) is 6.92 Å². The Morgan fingerprint density at radius 3 is 2.78 bits per heavy atom. The van der Waals surface area contributed by atoms with Gasteiger partial charge in [0, 0.05) is 35.1 Å². The summed E-state index contributed by atoms with van der Waals surface area (Å²) in [4.78, 5) is 4.13. The van der Waals surface area contributed by atoms with Gasteiger partial charge in [0.05, 0.1) is 0 Å². The van der Waals surface area contributed by atoms with Gasteiger partial charge in [-0.2, -0.15) is 10.5 Å². The maximum Gasteiger partial charge on any atom is 0.145 e. The molecule has 18 heavy (non-hydrogen) atoms. The molecule has 2 aromatic rings. The highest BCUT2D eigenvalue weighted by Crippen LogP contribution is 2.25. The van der Waals surface area contributed by atoms with Crippen LogP contribution in [0.15, 0.2) is 42.4 Å². The lowest BCUT2D eigenvalue weighted by atomic mass is 10.1. The quantitative estimate of drug-likeness (QED) is 0.811. The normalized spacial score (nSPS) is 9.28. The van der Waals surface area contributed by atoms with Gasteiger partial charge in [0.15, 0.2) is 0 Å². The number of anilines is 1. The fourth-order valence-corrected chi connectivity index (χ4v) is 1.77. The van der Waals surface area contributed by atoms with Crippen LogP contribution in [0.5, 0.6) is 0 Å². The number of allylic oxidation sites excluding steroid dienone is 1. The number of benzene rings is 1. The second kappa shape index (κ2) is 4.99. The summed E-state index contributed by atoms with van der Waals surface area (Å²) < 4.78 is 0. The van der Waals surface area contributed by atoms with Crippen molar-refractivity contribution in [3.63, 3.8) is 0 Å². The Kier molecular flexibility index (Phi) is 3.22. The third-order valence-corrected chi connectivity index (χ3v) is 2.59. The van der Waals surface area contributed by atoms with Crippen LogP contribution in [0.2, 0.25) is 0 Å². The molecule has 0 saturated heterocycles. The molecule has 1 heterocycles. The predicted octanol–water partition coefficient (Wildman–Crippen LogP) is 2.89. The molecule has 86 valence electrons. The van der Waals surface area contributed by atoms with E-state index in [0.29, 0.717) is 0 Å². The number of nitriles is 2. The van der Waals surface area contributed by atoms with E-state index >= 15 is 0 Å². The molecule has 0 bridgehead atoms. The molecule has 0 aliphatic heterocycles. The van der Waals surface area contributed by atoms with Gasteiger partial charge in [-0.1, -0.05) is 12.1 Å². The third-order valence-electron chi connectivity index (χ3n) is 2.59. The highest BCUT2D eigenvalue weighted by Gasteiger charge is 2.03. The lowest BCUT2D eigenvalue weighted by Gasteiger charge is -2.08. The number of aryl methyl sites for hydroxylation is 1. The lowest BCUT2D eigenvalue weighted by molar-refractivity contribution is 1.31. The molecule has 0 unspecified atom stereocenters. The van der Waals surface area contributed by atoms with Crippen LogP contribution in [-0.4, -0.2) is 4.98 Å². The first kappa shape index (κ1) is 11.6. The fraction of sp³-hybridized carbons (Fsp3) is 0.0714. The summed E-state index contributed by atoms with van der Waals surface area (Å²) in [5.74, 6) is 0. The zero-order chi connectivity index (χ0) is 13.0. The van der Waals surface area contributed by atoms with Crippen molar-refractivity contribution < 1.29 is 0 Å². The Balaban J connectivity index is 2.50. The van der Waals surface area contributed by atoms with Gasteiger partial charge in [-0.25, -0.2) is 0 Å². The van der Waals surface area contributed by atoms with Crippen molar-refractivity contribution in [1.82, 2.24) is 4.98 Å². The molecule has 0 aliphatic rings. The minimum atomic E-state index is 0.0405. The van der Waals surface area contributed by atoms with Gasteiger partial charge >= 0.3 is 0 Å². The molecule has 0 saturated carbocycles. The van der Waals surface area contributed by atoms with E-state index in [1.54, 1.807) is 12.4 Å². The average Bonchev–Trinajstić information content (AvgIpc) is 2.40. The van der Waals surface area contributed by atoms with Crippen LogP contribution in [0.1, 0.15) is 5.56 Å². The molecule has 0 atom stereocenters. The molecule has 1 aromatic carbocycles. The standard InChI is InChI=1S/C14H10N4/c1-10-7-17-9-12-3-2-4-13(14(10)12)18-8-11(5-15)6-16/h2-4,7-9,18H,1H3. The molecule has 0 aliphatic carbocycles. The van der Waals surface area contributed by atoms with E-state index in [1.165, 1.54) is 6.20 Å². The number of hydrogen-bond acceptors (Lipinski definition) is 4. The lowest BCUT2D eigenvalue weighted by Crippen LogP contribution is -1.93. The van der Waals surface area contributed by atoms with E-state index in [0.717, 1.165) is 22.0 Å². The van der Waals surface area contributed by atoms with Gasteiger partial charge in [0.25, 0.3) is 0 Å². The van der Waals surface area contributed by atoms with Crippen LogP contribution < -0.4 is 5.32 Å². The summed E-state index contributed by atoms with van der Waals surface area (Å²) in [7, 11) is 0. The van der Waals surface area contributed by atoms with Gasteiger partial charge in [-0.3, -0.25) is 4.98 Å². The first-order valence-electron chi connectivity index (χ1n) is 5.36. The van der Waals surface area contributed by atoms with E-state index < -0.39 is 0 Å². The first-order valence-corrected chi connectivity index (χ1v) is 5.36. The first-order chi connectivity index (χ1) is 8.76. The van der Waals surface area contributed by atoms with Crippen LogP contribution in [0.4, 0.5) is 5.69 Å². The van der Waals surface area contributed by atoms with Crippen molar-refractivity contribution in [3.05, 3.63) is 47.9 Å². The number of hydrogen-bond donors (Lipinski definition) is 1. The zero-order valence-electron chi connectivity index (χ0n) is 9.81. The van der Waals surface area contributed by atoms with Crippen molar-refractivity contribution in [1.29, 1.82) is 10.5 Å². The summed E-state index contributed by atoms with van der Waals surface area (Å²) in [5.41, 5.74) is 1.94. The monoisotopic (exact) mass is 234 g/mol.